The SMILES string of the molecule is Cc1cc(NC(=O)CN2CCC[C@H](Cc3nc4ccccc4[nH]3)C2)no1. The molecule has 0 aliphatic carbocycles. The van der Waals surface area contributed by atoms with Crippen LogP contribution in [0.5, 0.6) is 0 Å². The topological polar surface area (TPSA) is 87.0 Å². The first-order chi connectivity index (χ1) is 12.7. The number of likely N-dealkylation sites (tertiary alicyclic amines) is 1. The van der Waals surface area contributed by atoms with Crippen molar-refractivity contribution in [3.05, 3.63) is 41.9 Å². The van der Waals surface area contributed by atoms with Crippen LogP contribution in [-0.2, 0) is 11.2 Å². The van der Waals surface area contributed by atoms with Crippen molar-refractivity contribution < 1.29 is 9.32 Å². The number of anilines is 1. The fraction of sp³-hybridized carbons (Fsp3) is 0.421. The Labute approximate surface area is 151 Å². The minimum absolute atomic E-state index is 0.0531. The molecule has 2 N–H and O–H groups in total. The number of hydrogen-bond donors (Lipinski definition) is 2. The Morgan fingerprint density at radius 2 is 2.31 bits per heavy atom. The average Bonchev–Trinajstić information content (AvgIpc) is 3.20. The van der Waals surface area contributed by atoms with E-state index in [9.17, 15) is 4.79 Å². The van der Waals surface area contributed by atoms with Gasteiger partial charge in [0.1, 0.15) is 11.6 Å². The van der Waals surface area contributed by atoms with E-state index in [4.69, 9.17) is 4.52 Å². The number of aryl methyl sites for hydroxylation is 1. The van der Waals surface area contributed by atoms with Gasteiger partial charge in [-0.05, 0) is 44.4 Å². The van der Waals surface area contributed by atoms with Gasteiger partial charge in [0.05, 0.1) is 17.6 Å². The molecule has 1 fully saturated rings. The second kappa shape index (κ2) is 7.29. The molecule has 7 heteroatoms. The Bertz CT molecular complexity index is 867. The van der Waals surface area contributed by atoms with Gasteiger partial charge in [-0.1, -0.05) is 17.3 Å². The normalized spacial score (nSPS) is 18.3. The van der Waals surface area contributed by atoms with Crippen LogP contribution in [-0.4, -0.2) is 45.6 Å². The maximum Gasteiger partial charge on any atom is 0.239 e. The number of nitrogens with one attached hydrogen (secondary N) is 2. The fourth-order valence-corrected chi connectivity index (χ4v) is 3.65. The highest BCUT2D eigenvalue weighted by atomic mass is 16.5. The van der Waals surface area contributed by atoms with Crippen LogP contribution in [0.15, 0.2) is 34.9 Å². The van der Waals surface area contributed by atoms with Gasteiger partial charge in [-0.3, -0.25) is 9.69 Å². The van der Waals surface area contributed by atoms with Gasteiger partial charge < -0.3 is 14.8 Å². The van der Waals surface area contributed by atoms with Crippen molar-refractivity contribution in [1.82, 2.24) is 20.0 Å². The summed E-state index contributed by atoms with van der Waals surface area (Å²) >= 11 is 0. The lowest BCUT2D eigenvalue weighted by Gasteiger charge is -2.31. The molecule has 26 heavy (non-hydrogen) atoms. The highest BCUT2D eigenvalue weighted by Gasteiger charge is 2.23. The van der Waals surface area contributed by atoms with Crippen LogP contribution < -0.4 is 5.32 Å². The molecule has 136 valence electrons. The summed E-state index contributed by atoms with van der Waals surface area (Å²) in [6.45, 7) is 4.03. The molecule has 0 bridgehead atoms. The molecule has 7 nitrogen and oxygen atoms in total. The van der Waals surface area contributed by atoms with E-state index in [0.717, 1.165) is 49.2 Å². The Balaban J connectivity index is 1.32. The zero-order valence-electron chi connectivity index (χ0n) is 14.9. The molecule has 1 saturated heterocycles. The molecule has 1 aliphatic rings. The number of piperidine rings is 1. The molecule has 1 aliphatic heterocycles. The van der Waals surface area contributed by atoms with Crippen LogP contribution in [0.4, 0.5) is 5.82 Å². The highest BCUT2D eigenvalue weighted by molar-refractivity contribution is 5.91. The highest BCUT2D eigenvalue weighted by Crippen LogP contribution is 2.21. The molecule has 1 amide bonds. The first-order valence-corrected chi connectivity index (χ1v) is 9.05. The summed E-state index contributed by atoms with van der Waals surface area (Å²) in [5, 5.41) is 6.59. The number of aromatic nitrogens is 3. The molecular weight excluding hydrogens is 330 g/mol. The summed E-state index contributed by atoms with van der Waals surface area (Å²) in [6, 6.07) is 9.82. The first-order valence-electron chi connectivity index (χ1n) is 9.05. The summed E-state index contributed by atoms with van der Waals surface area (Å²) in [6.07, 6.45) is 3.17. The second-order valence-electron chi connectivity index (χ2n) is 7.02. The fourth-order valence-electron chi connectivity index (χ4n) is 3.65. The van der Waals surface area contributed by atoms with E-state index in [-0.39, 0.29) is 5.91 Å². The molecule has 4 rings (SSSR count). The third kappa shape index (κ3) is 3.94. The molecule has 3 heterocycles. The maximum absolute atomic E-state index is 12.2. The predicted octanol–water partition coefficient (Wildman–Crippen LogP) is 2.75. The predicted molar refractivity (Wildman–Crippen MR) is 98.8 cm³/mol. The van der Waals surface area contributed by atoms with Gasteiger partial charge in [-0.25, -0.2) is 4.98 Å². The van der Waals surface area contributed by atoms with E-state index in [0.29, 0.717) is 24.0 Å². The molecule has 0 spiro atoms. The van der Waals surface area contributed by atoms with Gasteiger partial charge in [0.25, 0.3) is 0 Å². The quantitative estimate of drug-likeness (QED) is 0.736. The monoisotopic (exact) mass is 353 g/mol. The summed E-state index contributed by atoms with van der Waals surface area (Å²) < 4.78 is 4.97. The van der Waals surface area contributed by atoms with E-state index in [2.05, 4.69) is 31.4 Å². The minimum Gasteiger partial charge on any atom is -0.360 e. The van der Waals surface area contributed by atoms with Gasteiger partial charge in [0.2, 0.25) is 5.91 Å². The van der Waals surface area contributed by atoms with E-state index >= 15 is 0 Å². The van der Waals surface area contributed by atoms with Crippen molar-refractivity contribution in [2.24, 2.45) is 5.92 Å². The third-order valence-corrected chi connectivity index (χ3v) is 4.79. The molecule has 0 unspecified atom stereocenters. The van der Waals surface area contributed by atoms with Crippen molar-refractivity contribution >= 4 is 22.8 Å². The summed E-state index contributed by atoms with van der Waals surface area (Å²) in [5.41, 5.74) is 2.09. The van der Waals surface area contributed by atoms with Crippen LogP contribution in [0.2, 0.25) is 0 Å². The van der Waals surface area contributed by atoms with Crippen molar-refractivity contribution in [3.63, 3.8) is 0 Å². The van der Waals surface area contributed by atoms with Gasteiger partial charge in [0, 0.05) is 19.0 Å². The van der Waals surface area contributed by atoms with E-state index in [1.807, 2.05) is 18.2 Å². The zero-order chi connectivity index (χ0) is 17.9. The van der Waals surface area contributed by atoms with Crippen molar-refractivity contribution in [3.8, 4) is 0 Å². The molecule has 3 aromatic rings. The van der Waals surface area contributed by atoms with Crippen LogP contribution in [0, 0.1) is 12.8 Å². The number of aromatic amines is 1. The number of H-pyrrole nitrogens is 1. The standard InChI is InChI=1S/C19H23N5O2/c1-13-9-18(23-26-13)22-19(25)12-24-8-4-5-14(11-24)10-17-20-15-6-2-3-7-16(15)21-17/h2-3,6-7,9,14H,4-5,8,10-12H2,1H3,(H,20,21)(H,22,23,25)/t14-/m1/s1. The molecule has 1 atom stereocenters. The average molecular weight is 353 g/mol. The molecule has 0 radical (unpaired) electrons. The largest absolute Gasteiger partial charge is 0.360 e. The molecule has 1 aromatic carbocycles. The van der Waals surface area contributed by atoms with Gasteiger partial charge in [0.15, 0.2) is 5.82 Å². The number of imidazole rings is 1. The molecule has 2 aromatic heterocycles. The second-order valence-corrected chi connectivity index (χ2v) is 7.02. The summed E-state index contributed by atoms with van der Waals surface area (Å²) in [4.78, 5) is 22.5. The van der Waals surface area contributed by atoms with Gasteiger partial charge in [-0.2, -0.15) is 0 Å². The van der Waals surface area contributed by atoms with Crippen LogP contribution >= 0.6 is 0 Å². The number of carbonyl (C=O) groups excluding carboxylic acids is 1. The van der Waals surface area contributed by atoms with Crippen molar-refractivity contribution in [2.45, 2.75) is 26.2 Å². The lowest BCUT2D eigenvalue weighted by Crippen LogP contribution is -2.41. The number of nitrogens with zero attached hydrogens (tertiary/aromatic N) is 3. The third-order valence-electron chi connectivity index (χ3n) is 4.79. The maximum atomic E-state index is 12.2. The van der Waals surface area contributed by atoms with E-state index in [1.165, 1.54) is 0 Å². The molecule has 0 saturated carbocycles. The zero-order valence-corrected chi connectivity index (χ0v) is 14.9. The minimum atomic E-state index is -0.0531. The number of benzene rings is 1. The number of para-hydroxylation sites is 2. The van der Waals surface area contributed by atoms with Crippen LogP contribution in [0.1, 0.15) is 24.4 Å². The van der Waals surface area contributed by atoms with E-state index in [1.54, 1.807) is 13.0 Å². The smallest absolute Gasteiger partial charge is 0.239 e. The van der Waals surface area contributed by atoms with Gasteiger partial charge in [-0.15, -0.1) is 0 Å². The Morgan fingerprint density at radius 1 is 1.42 bits per heavy atom. The van der Waals surface area contributed by atoms with Crippen molar-refractivity contribution in [1.29, 1.82) is 0 Å². The lowest BCUT2D eigenvalue weighted by molar-refractivity contribution is -0.117. The number of fused-ring (bicyclic) bond motifs is 1. The summed E-state index contributed by atoms with van der Waals surface area (Å²) in [7, 11) is 0. The van der Waals surface area contributed by atoms with Crippen LogP contribution in [0.25, 0.3) is 11.0 Å². The molecular formula is C19H23N5O2. The number of hydrogen-bond acceptors (Lipinski definition) is 5. The van der Waals surface area contributed by atoms with Gasteiger partial charge >= 0.3 is 0 Å². The lowest BCUT2D eigenvalue weighted by atomic mass is 9.94. The Morgan fingerprint density at radius 3 is 3.12 bits per heavy atom. The first kappa shape index (κ1) is 16.8. The number of amides is 1. The summed E-state index contributed by atoms with van der Waals surface area (Å²) in [5.74, 6) is 2.64. The number of rotatable bonds is 5. The Kier molecular flexibility index (Phi) is 4.71. The van der Waals surface area contributed by atoms with E-state index < -0.39 is 0 Å². The van der Waals surface area contributed by atoms with Crippen molar-refractivity contribution in [2.75, 3.05) is 25.0 Å². The van der Waals surface area contributed by atoms with Crippen LogP contribution in [0.3, 0.4) is 0 Å². The Hall–Kier alpha value is -2.67. The number of carbonyl (C=O) groups is 1.